The lowest BCUT2D eigenvalue weighted by Crippen LogP contribution is -2.46. The molecule has 116 valence electrons. The molecule has 2 atom stereocenters. The van der Waals surface area contributed by atoms with Gasteiger partial charge in [-0.1, -0.05) is 12.1 Å². The number of aliphatic carboxylic acids is 1. The standard InChI is InChI=1S/C15H21NO5/c1-10-5-4-6-12(7-10)21-11(2)14(19)16-9-15(3,20)8-13(17)18/h4-7,11,20H,8-9H2,1-3H3,(H,16,19)(H,17,18). The summed E-state index contributed by atoms with van der Waals surface area (Å²) >= 11 is 0. The van der Waals surface area contributed by atoms with Gasteiger partial charge in [0.2, 0.25) is 0 Å². The van der Waals surface area contributed by atoms with Crippen LogP contribution in [0.3, 0.4) is 0 Å². The Labute approximate surface area is 123 Å². The number of hydrogen-bond acceptors (Lipinski definition) is 4. The fourth-order valence-electron chi connectivity index (χ4n) is 1.76. The van der Waals surface area contributed by atoms with Gasteiger partial charge in [0.1, 0.15) is 5.75 Å². The summed E-state index contributed by atoms with van der Waals surface area (Å²) < 4.78 is 5.49. The van der Waals surface area contributed by atoms with Crippen LogP contribution in [-0.2, 0) is 9.59 Å². The van der Waals surface area contributed by atoms with Gasteiger partial charge in [0.25, 0.3) is 5.91 Å². The average Bonchev–Trinajstić information content (AvgIpc) is 2.34. The number of carbonyl (C=O) groups excluding carboxylic acids is 1. The van der Waals surface area contributed by atoms with Crippen molar-refractivity contribution in [1.29, 1.82) is 0 Å². The molecule has 0 radical (unpaired) electrons. The summed E-state index contributed by atoms with van der Waals surface area (Å²) in [5.74, 6) is -0.963. The number of benzene rings is 1. The van der Waals surface area contributed by atoms with Gasteiger partial charge in [0, 0.05) is 6.54 Å². The smallest absolute Gasteiger partial charge is 0.306 e. The van der Waals surface area contributed by atoms with Crippen LogP contribution < -0.4 is 10.1 Å². The summed E-state index contributed by atoms with van der Waals surface area (Å²) in [7, 11) is 0. The van der Waals surface area contributed by atoms with Crippen molar-refractivity contribution in [2.75, 3.05) is 6.54 Å². The topological polar surface area (TPSA) is 95.9 Å². The van der Waals surface area contributed by atoms with Gasteiger partial charge in [0.05, 0.1) is 12.0 Å². The SMILES string of the molecule is Cc1cccc(OC(C)C(=O)NCC(C)(O)CC(=O)O)c1. The molecule has 0 heterocycles. The first-order chi connectivity index (χ1) is 9.69. The molecule has 0 aliphatic heterocycles. The third-order valence-electron chi connectivity index (χ3n) is 2.85. The molecule has 0 spiro atoms. The maximum atomic E-state index is 11.9. The van der Waals surface area contributed by atoms with Crippen molar-refractivity contribution in [3.8, 4) is 5.75 Å². The van der Waals surface area contributed by atoms with E-state index < -0.39 is 30.0 Å². The van der Waals surface area contributed by atoms with Gasteiger partial charge in [-0.2, -0.15) is 0 Å². The van der Waals surface area contributed by atoms with Crippen LogP contribution in [0.2, 0.25) is 0 Å². The first kappa shape index (κ1) is 17.0. The lowest BCUT2D eigenvalue weighted by molar-refractivity contribution is -0.142. The predicted octanol–water partition coefficient (Wildman–Crippen LogP) is 1.10. The van der Waals surface area contributed by atoms with Crippen molar-refractivity contribution >= 4 is 11.9 Å². The maximum Gasteiger partial charge on any atom is 0.306 e. The molecule has 6 heteroatoms. The number of carboxylic acid groups (broad SMARTS) is 1. The number of amides is 1. The van der Waals surface area contributed by atoms with Gasteiger partial charge < -0.3 is 20.3 Å². The Bertz CT molecular complexity index is 513. The van der Waals surface area contributed by atoms with Crippen LogP contribution in [0.25, 0.3) is 0 Å². The Balaban J connectivity index is 2.50. The van der Waals surface area contributed by atoms with Gasteiger partial charge in [0.15, 0.2) is 6.10 Å². The summed E-state index contributed by atoms with van der Waals surface area (Å²) in [6.45, 7) is 4.71. The number of nitrogens with one attached hydrogen (secondary N) is 1. The van der Waals surface area contributed by atoms with Crippen LogP contribution in [0.1, 0.15) is 25.8 Å². The number of carboxylic acids is 1. The van der Waals surface area contributed by atoms with Gasteiger partial charge in [-0.25, -0.2) is 0 Å². The summed E-state index contributed by atoms with van der Waals surface area (Å²) in [6.07, 6.45) is -1.19. The minimum atomic E-state index is -1.50. The fraction of sp³-hybridized carbons (Fsp3) is 0.467. The zero-order valence-corrected chi connectivity index (χ0v) is 12.4. The Morgan fingerprint density at radius 3 is 2.67 bits per heavy atom. The number of carbonyl (C=O) groups is 2. The van der Waals surface area contributed by atoms with E-state index in [2.05, 4.69) is 5.32 Å². The van der Waals surface area contributed by atoms with E-state index in [0.717, 1.165) is 5.56 Å². The zero-order chi connectivity index (χ0) is 16.0. The van der Waals surface area contributed by atoms with Crippen LogP contribution >= 0.6 is 0 Å². The molecule has 0 saturated heterocycles. The van der Waals surface area contributed by atoms with E-state index in [4.69, 9.17) is 9.84 Å². The van der Waals surface area contributed by atoms with Crippen molar-refractivity contribution < 1.29 is 24.5 Å². The summed E-state index contributed by atoms with van der Waals surface area (Å²) in [5, 5.41) is 20.9. The molecule has 1 amide bonds. The van der Waals surface area contributed by atoms with Crippen molar-refractivity contribution in [2.45, 2.75) is 38.9 Å². The Morgan fingerprint density at radius 2 is 2.10 bits per heavy atom. The number of aryl methyl sites for hydroxylation is 1. The molecule has 0 aromatic heterocycles. The molecule has 0 fully saturated rings. The number of rotatable bonds is 7. The predicted molar refractivity (Wildman–Crippen MR) is 77.2 cm³/mol. The number of hydrogen-bond donors (Lipinski definition) is 3. The zero-order valence-electron chi connectivity index (χ0n) is 12.4. The quantitative estimate of drug-likeness (QED) is 0.700. The first-order valence-corrected chi connectivity index (χ1v) is 6.65. The molecular formula is C15H21NO5. The van der Waals surface area contributed by atoms with Gasteiger partial charge in [-0.15, -0.1) is 0 Å². The van der Waals surface area contributed by atoms with E-state index in [9.17, 15) is 14.7 Å². The average molecular weight is 295 g/mol. The lowest BCUT2D eigenvalue weighted by Gasteiger charge is -2.23. The van der Waals surface area contributed by atoms with Crippen molar-refractivity contribution in [1.82, 2.24) is 5.32 Å². The van der Waals surface area contributed by atoms with Gasteiger partial charge >= 0.3 is 5.97 Å². The second-order valence-electron chi connectivity index (χ2n) is 5.36. The van der Waals surface area contributed by atoms with Crippen molar-refractivity contribution in [3.05, 3.63) is 29.8 Å². The van der Waals surface area contributed by atoms with E-state index >= 15 is 0 Å². The molecule has 1 aromatic carbocycles. The molecule has 3 N–H and O–H groups in total. The van der Waals surface area contributed by atoms with Crippen LogP contribution in [0.15, 0.2) is 24.3 Å². The van der Waals surface area contributed by atoms with Crippen LogP contribution in [0, 0.1) is 6.92 Å². The Morgan fingerprint density at radius 1 is 1.43 bits per heavy atom. The molecule has 1 aromatic rings. The van der Waals surface area contributed by atoms with Crippen LogP contribution in [0.4, 0.5) is 0 Å². The van der Waals surface area contributed by atoms with Crippen LogP contribution in [0.5, 0.6) is 5.75 Å². The molecular weight excluding hydrogens is 274 g/mol. The molecule has 1 rings (SSSR count). The number of aliphatic hydroxyl groups is 1. The molecule has 6 nitrogen and oxygen atoms in total. The Hall–Kier alpha value is -2.08. The normalized spacial score (nSPS) is 14.9. The van der Waals surface area contributed by atoms with E-state index in [1.807, 2.05) is 25.1 Å². The second-order valence-corrected chi connectivity index (χ2v) is 5.36. The van der Waals surface area contributed by atoms with Crippen molar-refractivity contribution in [3.63, 3.8) is 0 Å². The van der Waals surface area contributed by atoms with Crippen molar-refractivity contribution in [2.24, 2.45) is 0 Å². The monoisotopic (exact) mass is 295 g/mol. The highest BCUT2D eigenvalue weighted by Crippen LogP contribution is 2.14. The highest BCUT2D eigenvalue weighted by atomic mass is 16.5. The summed E-state index contributed by atoms with van der Waals surface area (Å²) in [5.41, 5.74) is -0.477. The first-order valence-electron chi connectivity index (χ1n) is 6.65. The molecule has 0 aliphatic carbocycles. The van der Waals surface area contributed by atoms with Gasteiger partial charge in [-0.05, 0) is 38.5 Å². The van der Waals surface area contributed by atoms with E-state index in [1.165, 1.54) is 6.92 Å². The van der Waals surface area contributed by atoms with Gasteiger partial charge in [-0.3, -0.25) is 9.59 Å². The lowest BCUT2D eigenvalue weighted by atomic mass is 10.0. The maximum absolute atomic E-state index is 11.9. The highest BCUT2D eigenvalue weighted by molar-refractivity contribution is 5.80. The molecule has 2 unspecified atom stereocenters. The van der Waals surface area contributed by atoms with Crippen LogP contribution in [-0.4, -0.2) is 40.3 Å². The second kappa shape index (κ2) is 7.08. The third kappa shape index (κ3) is 6.27. The minimum Gasteiger partial charge on any atom is -0.481 e. The fourth-order valence-corrected chi connectivity index (χ4v) is 1.76. The molecule has 0 aliphatic rings. The third-order valence-corrected chi connectivity index (χ3v) is 2.85. The van der Waals surface area contributed by atoms with E-state index in [-0.39, 0.29) is 6.54 Å². The highest BCUT2D eigenvalue weighted by Gasteiger charge is 2.26. The van der Waals surface area contributed by atoms with E-state index in [1.54, 1.807) is 13.0 Å². The molecule has 0 bridgehead atoms. The largest absolute Gasteiger partial charge is 0.481 e. The molecule has 21 heavy (non-hydrogen) atoms. The molecule has 0 saturated carbocycles. The Kier molecular flexibility index (Phi) is 5.72. The summed E-state index contributed by atoms with van der Waals surface area (Å²) in [4.78, 5) is 22.4. The number of ether oxygens (including phenoxy) is 1. The minimum absolute atomic E-state index is 0.153. The van der Waals surface area contributed by atoms with E-state index in [0.29, 0.717) is 5.75 Å². The summed E-state index contributed by atoms with van der Waals surface area (Å²) in [6, 6.07) is 7.30.